The maximum atomic E-state index is 13.3. The van der Waals surface area contributed by atoms with Gasteiger partial charge in [-0.05, 0) is 56.3 Å². The fraction of sp³-hybridized carbons (Fsp3) is 0.0909. The van der Waals surface area contributed by atoms with Crippen LogP contribution in [0.3, 0.4) is 0 Å². The first-order chi connectivity index (χ1) is 14.9. The molecular weight excluding hydrogens is 404 g/mol. The SMILES string of the molecule is Cc1nc(Oc2ccc(NC(=O)c3ccc(F)c(F)c3)cc2)cc(-n2ccnc2C)n1. The van der Waals surface area contributed by atoms with Crippen LogP contribution in [0.4, 0.5) is 14.5 Å². The summed E-state index contributed by atoms with van der Waals surface area (Å²) < 4.78 is 34.0. The predicted octanol–water partition coefficient (Wildman–Crippen LogP) is 4.60. The van der Waals surface area contributed by atoms with E-state index in [-0.39, 0.29) is 5.56 Å². The molecule has 0 aliphatic heterocycles. The summed E-state index contributed by atoms with van der Waals surface area (Å²) in [6, 6.07) is 11.2. The number of rotatable bonds is 5. The van der Waals surface area contributed by atoms with E-state index in [1.54, 1.807) is 49.6 Å². The molecule has 31 heavy (non-hydrogen) atoms. The van der Waals surface area contributed by atoms with Gasteiger partial charge < -0.3 is 10.1 Å². The number of anilines is 1. The lowest BCUT2D eigenvalue weighted by atomic mass is 10.2. The lowest BCUT2D eigenvalue weighted by Gasteiger charge is -2.10. The highest BCUT2D eigenvalue weighted by Crippen LogP contribution is 2.24. The third kappa shape index (κ3) is 4.55. The first kappa shape index (κ1) is 20.1. The Labute approximate surface area is 176 Å². The zero-order valence-corrected chi connectivity index (χ0v) is 16.6. The molecule has 0 atom stereocenters. The first-order valence-corrected chi connectivity index (χ1v) is 9.29. The predicted molar refractivity (Wildman–Crippen MR) is 109 cm³/mol. The van der Waals surface area contributed by atoms with E-state index in [1.165, 1.54) is 6.07 Å². The topological polar surface area (TPSA) is 81.9 Å². The van der Waals surface area contributed by atoms with Crippen molar-refractivity contribution >= 4 is 11.6 Å². The molecule has 1 N–H and O–H groups in total. The van der Waals surface area contributed by atoms with Gasteiger partial charge in [0, 0.05) is 29.7 Å². The molecule has 2 aromatic heterocycles. The van der Waals surface area contributed by atoms with Gasteiger partial charge >= 0.3 is 0 Å². The Kier molecular flexibility index (Phi) is 5.40. The fourth-order valence-electron chi connectivity index (χ4n) is 2.89. The number of amides is 1. The standard InChI is InChI=1S/C22H17F2N5O2/c1-13-26-20(29-10-9-25-14(29)2)12-21(27-13)31-17-6-4-16(5-7-17)28-22(30)15-3-8-18(23)19(24)11-15/h3-12H,1-2H3,(H,28,30). The Morgan fingerprint density at radius 3 is 2.45 bits per heavy atom. The maximum absolute atomic E-state index is 13.3. The highest BCUT2D eigenvalue weighted by molar-refractivity contribution is 6.04. The van der Waals surface area contributed by atoms with E-state index >= 15 is 0 Å². The second-order valence-corrected chi connectivity index (χ2v) is 6.67. The maximum Gasteiger partial charge on any atom is 0.255 e. The van der Waals surface area contributed by atoms with Gasteiger partial charge in [0.1, 0.15) is 23.2 Å². The molecular formula is C22H17F2N5O2. The number of ether oxygens (including phenoxy) is 1. The van der Waals surface area contributed by atoms with Crippen LogP contribution in [0.5, 0.6) is 11.6 Å². The van der Waals surface area contributed by atoms with Crippen molar-refractivity contribution < 1.29 is 18.3 Å². The zero-order chi connectivity index (χ0) is 22.0. The van der Waals surface area contributed by atoms with E-state index in [4.69, 9.17) is 4.74 Å². The molecule has 9 heteroatoms. The van der Waals surface area contributed by atoms with Gasteiger partial charge in [0.05, 0.1) is 0 Å². The summed E-state index contributed by atoms with van der Waals surface area (Å²) in [4.78, 5) is 25.1. The van der Waals surface area contributed by atoms with Crippen LogP contribution >= 0.6 is 0 Å². The van der Waals surface area contributed by atoms with Crippen molar-refractivity contribution in [1.29, 1.82) is 0 Å². The van der Waals surface area contributed by atoms with Crippen LogP contribution in [0.2, 0.25) is 0 Å². The molecule has 0 fully saturated rings. The first-order valence-electron chi connectivity index (χ1n) is 9.29. The second kappa shape index (κ2) is 8.31. The van der Waals surface area contributed by atoms with Gasteiger partial charge in [-0.25, -0.2) is 18.7 Å². The minimum absolute atomic E-state index is 0.0120. The molecule has 0 unspecified atom stereocenters. The Balaban J connectivity index is 1.47. The highest BCUT2D eigenvalue weighted by atomic mass is 19.2. The van der Waals surface area contributed by atoms with Gasteiger partial charge in [0.15, 0.2) is 11.6 Å². The second-order valence-electron chi connectivity index (χ2n) is 6.67. The minimum atomic E-state index is -1.08. The van der Waals surface area contributed by atoms with Crippen LogP contribution in [0.25, 0.3) is 5.82 Å². The molecule has 0 spiro atoms. The monoisotopic (exact) mass is 421 g/mol. The number of hydrogen-bond donors (Lipinski definition) is 1. The summed E-state index contributed by atoms with van der Waals surface area (Å²) >= 11 is 0. The molecule has 0 saturated heterocycles. The van der Waals surface area contributed by atoms with E-state index in [0.29, 0.717) is 29.0 Å². The van der Waals surface area contributed by atoms with Crippen molar-refractivity contribution in [3.05, 3.63) is 89.8 Å². The van der Waals surface area contributed by atoms with Crippen LogP contribution in [-0.4, -0.2) is 25.4 Å². The van der Waals surface area contributed by atoms with Gasteiger partial charge in [-0.2, -0.15) is 4.98 Å². The van der Waals surface area contributed by atoms with Crippen molar-refractivity contribution in [2.24, 2.45) is 0 Å². The molecule has 0 radical (unpaired) electrons. The number of aromatic nitrogens is 4. The summed E-state index contributed by atoms with van der Waals surface area (Å²) in [5.41, 5.74) is 0.480. The van der Waals surface area contributed by atoms with Crippen LogP contribution in [0.1, 0.15) is 22.0 Å². The molecule has 0 aliphatic carbocycles. The fourth-order valence-corrected chi connectivity index (χ4v) is 2.89. The van der Waals surface area contributed by atoms with E-state index in [2.05, 4.69) is 20.3 Å². The molecule has 0 bridgehead atoms. The van der Waals surface area contributed by atoms with Crippen molar-refractivity contribution in [1.82, 2.24) is 19.5 Å². The summed E-state index contributed by atoms with van der Waals surface area (Å²) in [6.45, 7) is 3.63. The van der Waals surface area contributed by atoms with Gasteiger partial charge in [-0.3, -0.25) is 9.36 Å². The molecule has 4 aromatic rings. The molecule has 7 nitrogen and oxygen atoms in total. The number of carbonyl (C=O) groups is 1. The summed E-state index contributed by atoms with van der Waals surface area (Å²) in [6.07, 6.45) is 3.48. The van der Waals surface area contributed by atoms with Crippen molar-refractivity contribution in [3.63, 3.8) is 0 Å². The molecule has 2 aromatic carbocycles. The summed E-state index contributed by atoms with van der Waals surface area (Å²) in [5, 5.41) is 2.62. The number of imidazole rings is 1. The molecule has 2 heterocycles. The Morgan fingerprint density at radius 1 is 1.00 bits per heavy atom. The van der Waals surface area contributed by atoms with Crippen LogP contribution in [-0.2, 0) is 0 Å². The quantitative estimate of drug-likeness (QED) is 0.509. The largest absolute Gasteiger partial charge is 0.439 e. The normalized spacial score (nSPS) is 10.7. The third-order valence-electron chi connectivity index (χ3n) is 4.39. The van der Waals surface area contributed by atoms with E-state index in [9.17, 15) is 13.6 Å². The number of aryl methyl sites for hydroxylation is 2. The van der Waals surface area contributed by atoms with Crippen LogP contribution < -0.4 is 10.1 Å². The average molecular weight is 421 g/mol. The molecule has 1 amide bonds. The summed E-state index contributed by atoms with van der Waals surface area (Å²) in [5.74, 6) is 0.158. The van der Waals surface area contributed by atoms with E-state index in [0.717, 1.165) is 18.0 Å². The third-order valence-corrected chi connectivity index (χ3v) is 4.39. The number of nitrogens with zero attached hydrogens (tertiary/aromatic N) is 4. The number of halogens is 2. The van der Waals surface area contributed by atoms with Crippen molar-refractivity contribution in [2.75, 3.05) is 5.32 Å². The smallest absolute Gasteiger partial charge is 0.255 e. The number of benzene rings is 2. The molecule has 0 aliphatic rings. The van der Waals surface area contributed by atoms with Crippen molar-refractivity contribution in [2.45, 2.75) is 13.8 Å². The molecule has 4 rings (SSSR count). The molecule has 156 valence electrons. The lowest BCUT2D eigenvalue weighted by molar-refractivity contribution is 0.102. The average Bonchev–Trinajstić information content (AvgIpc) is 3.17. The minimum Gasteiger partial charge on any atom is -0.439 e. The lowest BCUT2D eigenvalue weighted by Crippen LogP contribution is -2.12. The van der Waals surface area contributed by atoms with Gasteiger partial charge in [-0.1, -0.05) is 0 Å². The van der Waals surface area contributed by atoms with Gasteiger partial charge in [0.25, 0.3) is 5.91 Å². The Hall–Kier alpha value is -4.14. The zero-order valence-electron chi connectivity index (χ0n) is 16.6. The Bertz CT molecular complexity index is 1260. The van der Waals surface area contributed by atoms with Gasteiger partial charge in [0.2, 0.25) is 5.88 Å². The van der Waals surface area contributed by atoms with E-state index < -0.39 is 17.5 Å². The number of hydrogen-bond acceptors (Lipinski definition) is 5. The van der Waals surface area contributed by atoms with Gasteiger partial charge in [-0.15, -0.1) is 0 Å². The highest BCUT2D eigenvalue weighted by Gasteiger charge is 2.11. The van der Waals surface area contributed by atoms with Crippen LogP contribution in [0.15, 0.2) is 60.9 Å². The van der Waals surface area contributed by atoms with Crippen LogP contribution in [0, 0.1) is 25.5 Å². The summed E-state index contributed by atoms with van der Waals surface area (Å²) in [7, 11) is 0. The molecule has 0 saturated carbocycles. The number of nitrogens with one attached hydrogen (secondary N) is 1. The van der Waals surface area contributed by atoms with Crippen molar-refractivity contribution in [3.8, 4) is 17.4 Å². The Morgan fingerprint density at radius 2 is 1.77 bits per heavy atom. The number of carbonyl (C=O) groups excluding carboxylic acids is 1. The van der Waals surface area contributed by atoms with E-state index in [1.807, 2.05) is 11.5 Å².